The Morgan fingerprint density at radius 3 is 2.73 bits per heavy atom. The van der Waals surface area contributed by atoms with E-state index in [4.69, 9.17) is 10.7 Å². The third kappa shape index (κ3) is 1.99. The summed E-state index contributed by atoms with van der Waals surface area (Å²) in [5.74, 6) is 0. The molecule has 0 fully saturated rings. The number of benzene rings is 2. The molecule has 1 aliphatic rings. The lowest BCUT2D eigenvalue weighted by atomic mass is 10.1. The van der Waals surface area contributed by atoms with Crippen LogP contribution in [-0.4, -0.2) is 19.1 Å². The molecule has 0 radical (unpaired) electrons. The van der Waals surface area contributed by atoms with Crippen LogP contribution in [0.2, 0.25) is 0 Å². The molecule has 3 aromatic rings. The van der Waals surface area contributed by atoms with Gasteiger partial charge in [-0.2, -0.15) is 0 Å². The van der Waals surface area contributed by atoms with E-state index in [1.165, 1.54) is 16.0 Å². The highest BCUT2D eigenvalue weighted by Gasteiger charge is 2.23. The van der Waals surface area contributed by atoms with Gasteiger partial charge < -0.3 is 10.6 Å². The molecule has 22 heavy (non-hydrogen) atoms. The van der Waals surface area contributed by atoms with Gasteiger partial charge in [0.1, 0.15) is 5.01 Å². The fraction of sp³-hybridized carbons (Fsp3) is 0.167. The van der Waals surface area contributed by atoms with Crippen LogP contribution in [0.5, 0.6) is 0 Å². The van der Waals surface area contributed by atoms with E-state index in [9.17, 15) is 0 Å². The van der Waals surface area contributed by atoms with Crippen LogP contribution in [0.15, 0.2) is 42.5 Å². The lowest BCUT2D eigenvalue weighted by Gasteiger charge is -2.14. The van der Waals surface area contributed by atoms with Gasteiger partial charge in [0.05, 0.1) is 5.69 Å². The monoisotopic (exact) mass is 307 g/mol. The molecule has 0 saturated heterocycles. The minimum Gasteiger partial charge on any atom is -0.398 e. The fourth-order valence-electron chi connectivity index (χ4n) is 2.88. The molecule has 0 amide bonds. The van der Waals surface area contributed by atoms with E-state index >= 15 is 0 Å². The smallest absolute Gasteiger partial charge is 0.126 e. The Morgan fingerprint density at radius 1 is 1.09 bits per heavy atom. The second-order valence-electron chi connectivity index (χ2n) is 5.79. The van der Waals surface area contributed by atoms with Gasteiger partial charge in [-0.1, -0.05) is 24.3 Å². The number of hydrogen-bond donors (Lipinski definition) is 1. The molecular formula is C18H17N3S. The summed E-state index contributed by atoms with van der Waals surface area (Å²) in [6.07, 6.45) is 0.983. The summed E-state index contributed by atoms with van der Waals surface area (Å²) in [6, 6.07) is 14.6. The molecule has 1 aliphatic carbocycles. The average Bonchev–Trinajstić information content (AvgIpc) is 3.05. The van der Waals surface area contributed by atoms with Crippen molar-refractivity contribution in [1.29, 1.82) is 0 Å². The van der Waals surface area contributed by atoms with Crippen molar-refractivity contribution in [3.05, 3.63) is 52.9 Å². The average molecular weight is 307 g/mol. The number of nitrogen functional groups attached to an aromatic ring is 1. The molecule has 110 valence electrons. The molecule has 2 aromatic carbocycles. The molecule has 0 atom stereocenters. The van der Waals surface area contributed by atoms with Crippen molar-refractivity contribution in [3.63, 3.8) is 0 Å². The molecule has 0 bridgehead atoms. The zero-order valence-electron chi connectivity index (χ0n) is 12.6. The van der Waals surface area contributed by atoms with Gasteiger partial charge in [0.2, 0.25) is 0 Å². The number of fused-ring (bicyclic) bond motifs is 3. The molecule has 1 aromatic heterocycles. The standard InChI is InChI=1S/C18H17N3S/c1-21(2)12-7-8-15(19)14(10-12)18-20-17-13-6-4-3-5-11(13)9-16(17)22-18/h3-8,10H,9,19H2,1-2H3. The largest absolute Gasteiger partial charge is 0.398 e. The number of aromatic nitrogens is 1. The SMILES string of the molecule is CN(C)c1ccc(N)c(-c2nc3c(s2)Cc2ccccc2-3)c1. The van der Waals surface area contributed by atoms with Gasteiger partial charge in [-0.3, -0.25) is 0 Å². The van der Waals surface area contributed by atoms with Crippen molar-refractivity contribution in [3.8, 4) is 21.8 Å². The van der Waals surface area contributed by atoms with Gasteiger partial charge in [-0.15, -0.1) is 11.3 Å². The second-order valence-corrected chi connectivity index (χ2v) is 6.87. The number of nitrogens with zero attached hydrogens (tertiary/aromatic N) is 2. The fourth-order valence-corrected chi connectivity index (χ4v) is 4.02. The van der Waals surface area contributed by atoms with E-state index in [1.54, 1.807) is 11.3 Å². The van der Waals surface area contributed by atoms with Gasteiger partial charge in [0.15, 0.2) is 0 Å². The first kappa shape index (κ1) is 13.3. The quantitative estimate of drug-likeness (QED) is 0.569. The van der Waals surface area contributed by atoms with Crippen LogP contribution in [0.1, 0.15) is 10.4 Å². The molecule has 1 heterocycles. The summed E-state index contributed by atoms with van der Waals surface area (Å²) in [6.45, 7) is 0. The van der Waals surface area contributed by atoms with Crippen LogP contribution in [0.25, 0.3) is 21.8 Å². The summed E-state index contributed by atoms with van der Waals surface area (Å²) in [4.78, 5) is 8.31. The minimum absolute atomic E-state index is 0.784. The second kappa shape index (κ2) is 4.85. The minimum atomic E-state index is 0.784. The maximum absolute atomic E-state index is 6.18. The molecule has 0 aliphatic heterocycles. The van der Waals surface area contributed by atoms with Crippen LogP contribution in [0, 0.1) is 0 Å². The molecule has 2 N–H and O–H groups in total. The third-order valence-corrected chi connectivity index (χ3v) is 5.19. The molecule has 3 nitrogen and oxygen atoms in total. The predicted molar refractivity (Wildman–Crippen MR) is 94.5 cm³/mol. The van der Waals surface area contributed by atoms with Crippen molar-refractivity contribution < 1.29 is 0 Å². The Kier molecular flexibility index (Phi) is 2.94. The highest BCUT2D eigenvalue weighted by molar-refractivity contribution is 7.15. The van der Waals surface area contributed by atoms with Crippen LogP contribution < -0.4 is 10.6 Å². The Labute approximate surface area is 134 Å². The molecule has 0 saturated carbocycles. The van der Waals surface area contributed by atoms with Gasteiger partial charge in [0, 0.05) is 47.9 Å². The number of hydrogen-bond acceptors (Lipinski definition) is 4. The van der Waals surface area contributed by atoms with Crippen molar-refractivity contribution in [1.82, 2.24) is 4.98 Å². The zero-order valence-corrected chi connectivity index (χ0v) is 13.4. The third-order valence-electron chi connectivity index (χ3n) is 4.10. The van der Waals surface area contributed by atoms with Gasteiger partial charge in [-0.25, -0.2) is 4.98 Å². The van der Waals surface area contributed by atoms with E-state index in [1.807, 2.05) is 26.2 Å². The summed E-state index contributed by atoms with van der Waals surface area (Å²) >= 11 is 1.76. The van der Waals surface area contributed by atoms with Gasteiger partial charge >= 0.3 is 0 Å². The summed E-state index contributed by atoms with van der Waals surface area (Å²) in [5, 5.41) is 1.01. The van der Waals surface area contributed by atoms with Crippen LogP contribution in [-0.2, 0) is 6.42 Å². The van der Waals surface area contributed by atoms with E-state index in [-0.39, 0.29) is 0 Å². The Hall–Kier alpha value is -2.33. The van der Waals surface area contributed by atoms with Crippen molar-refractivity contribution in [2.45, 2.75) is 6.42 Å². The van der Waals surface area contributed by atoms with Crippen LogP contribution >= 0.6 is 11.3 Å². The summed E-state index contributed by atoms with van der Waals surface area (Å²) in [7, 11) is 4.07. The van der Waals surface area contributed by atoms with Crippen molar-refractivity contribution in [2.24, 2.45) is 0 Å². The topological polar surface area (TPSA) is 42.1 Å². The van der Waals surface area contributed by atoms with Crippen molar-refractivity contribution in [2.75, 3.05) is 24.7 Å². The first-order chi connectivity index (χ1) is 10.6. The van der Waals surface area contributed by atoms with E-state index in [2.05, 4.69) is 35.2 Å². The number of anilines is 2. The molecule has 0 spiro atoms. The van der Waals surface area contributed by atoms with Gasteiger partial charge in [0.25, 0.3) is 0 Å². The maximum atomic E-state index is 6.18. The lowest BCUT2D eigenvalue weighted by Crippen LogP contribution is -2.08. The highest BCUT2D eigenvalue weighted by atomic mass is 32.1. The van der Waals surface area contributed by atoms with Gasteiger partial charge in [-0.05, 0) is 23.8 Å². The first-order valence-electron chi connectivity index (χ1n) is 7.28. The molecule has 4 heteroatoms. The Bertz CT molecular complexity index is 865. The zero-order chi connectivity index (χ0) is 15.3. The van der Waals surface area contributed by atoms with Crippen LogP contribution in [0.4, 0.5) is 11.4 Å². The highest BCUT2D eigenvalue weighted by Crippen LogP contribution is 2.43. The molecular weight excluding hydrogens is 290 g/mol. The van der Waals surface area contributed by atoms with E-state index in [0.29, 0.717) is 0 Å². The summed E-state index contributed by atoms with van der Waals surface area (Å²) < 4.78 is 0. The Balaban J connectivity index is 1.83. The molecule has 4 rings (SSSR count). The Morgan fingerprint density at radius 2 is 1.91 bits per heavy atom. The van der Waals surface area contributed by atoms with Crippen molar-refractivity contribution >= 4 is 22.7 Å². The number of rotatable bonds is 2. The normalized spacial score (nSPS) is 12.1. The first-order valence-corrected chi connectivity index (χ1v) is 8.10. The van der Waals surface area contributed by atoms with Crippen LogP contribution in [0.3, 0.4) is 0 Å². The predicted octanol–water partition coefficient (Wildman–Crippen LogP) is 4.03. The number of thiazole rings is 1. The lowest BCUT2D eigenvalue weighted by molar-refractivity contribution is 1.13. The van der Waals surface area contributed by atoms with E-state index in [0.717, 1.165) is 34.1 Å². The van der Waals surface area contributed by atoms with E-state index < -0.39 is 0 Å². The summed E-state index contributed by atoms with van der Waals surface area (Å²) in [5.41, 5.74) is 12.9. The molecule has 0 unspecified atom stereocenters. The maximum Gasteiger partial charge on any atom is 0.126 e. The number of nitrogens with two attached hydrogens (primary N) is 1.